The second kappa shape index (κ2) is 7.51. The third-order valence-corrected chi connectivity index (χ3v) is 7.66. The van der Waals surface area contributed by atoms with Crippen molar-refractivity contribution in [1.29, 1.82) is 0 Å². The molecule has 154 valence electrons. The maximum atomic E-state index is 12.7. The minimum atomic E-state index is -0.0166. The highest BCUT2D eigenvalue weighted by Gasteiger charge is 2.48. The van der Waals surface area contributed by atoms with Gasteiger partial charge in [-0.05, 0) is 75.2 Å². The highest BCUT2D eigenvalue weighted by molar-refractivity contribution is 5.74. The van der Waals surface area contributed by atoms with Crippen molar-refractivity contribution in [3.63, 3.8) is 0 Å². The third kappa shape index (κ3) is 3.67. The molecule has 6 rings (SSSR count). The van der Waals surface area contributed by atoms with Crippen molar-refractivity contribution in [2.45, 2.75) is 65.1 Å². The molecule has 0 spiro atoms. The first-order valence-electron chi connectivity index (χ1n) is 11.2. The van der Waals surface area contributed by atoms with E-state index in [-0.39, 0.29) is 6.03 Å². The van der Waals surface area contributed by atoms with Crippen molar-refractivity contribution >= 4 is 6.03 Å². The maximum absolute atomic E-state index is 12.7. The first-order chi connectivity index (χ1) is 14.1. The van der Waals surface area contributed by atoms with E-state index in [1.807, 2.05) is 17.7 Å². The van der Waals surface area contributed by atoms with E-state index in [0.29, 0.717) is 24.4 Å². The van der Waals surface area contributed by atoms with Gasteiger partial charge in [-0.2, -0.15) is 5.10 Å². The van der Waals surface area contributed by atoms with Crippen LogP contribution in [0.5, 0.6) is 0 Å². The van der Waals surface area contributed by atoms with Crippen molar-refractivity contribution in [2.75, 3.05) is 0 Å². The average molecular weight is 393 g/mol. The smallest absolute Gasteiger partial charge is 0.315 e. The molecule has 4 fully saturated rings. The van der Waals surface area contributed by atoms with Gasteiger partial charge in [-0.3, -0.25) is 4.68 Å². The molecular formula is C24H32N4O. The van der Waals surface area contributed by atoms with Gasteiger partial charge in [0.15, 0.2) is 0 Å². The van der Waals surface area contributed by atoms with Crippen molar-refractivity contribution in [2.24, 2.45) is 23.7 Å². The minimum Gasteiger partial charge on any atom is -0.335 e. The summed E-state index contributed by atoms with van der Waals surface area (Å²) >= 11 is 0. The minimum absolute atomic E-state index is 0.0166. The summed E-state index contributed by atoms with van der Waals surface area (Å²) in [5.74, 6) is 3.27. The van der Waals surface area contributed by atoms with E-state index in [9.17, 15) is 4.79 Å². The van der Waals surface area contributed by atoms with Crippen LogP contribution in [0.25, 0.3) is 0 Å². The van der Waals surface area contributed by atoms with Gasteiger partial charge in [-0.1, -0.05) is 30.3 Å². The molecule has 2 aromatic rings. The SMILES string of the molecule is Cc1nn(Cc2ccccc2)c(C)c1CNC(=O)NC1C2CC3CC(C2)CC1C3. The van der Waals surface area contributed by atoms with Gasteiger partial charge in [0.05, 0.1) is 12.2 Å². The normalized spacial score (nSPS) is 29.8. The van der Waals surface area contributed by atoms with Crippen LogP contribution in [-0.4, -0.2) is 21.9 Å². The van der Waals surface area contributed by atoms with E-state index < -0.39 is 0 Å². The lowest BCUT2D eigenvalue weighted by atomic mass is 9.54. The second-order valence-electron chi connectivity index (χ2n) is 9.58. The fourth-order valence-electron chi connectivity index (χ4n) is 6.43. The summed E-state index contributed by atoms with van der Waals surface area (Å²) in [6.07, 6.45) is 6.73. The van der Waals surface area contributed by atoms with Crippen molar-refractivity contribution < 1.29 is 4.79 Å². The van der Waals surface area contributed by atoms with Crippen LogP contribution < -0.4 is 10.6 Å². The van der Waals surface area contributed by atoms with Crippen molar-refractivity contribution in [3.8, 4) is 0 Å². The molecule has 0 aliphatic heterocycles. The van der Waals surface area contributed by atoms with Gasteiger partial charge in [-0.15, -0.1) is 0 Å². The molecule has 1 aromatic heterocycles. The molecule has 1 heterocycles. The summed E-state index contributed by atoms with van der Waals surface area (Å²) < 4.78 is 2.04. The molecular weight excluding hydrogens is 360 g/mol. The summed E-state index contributed by atoms with van der Waals surface area (Å²) in [6, 6.07) is 10.7. The summed E-state index contributed by atoms with van der Waals surface area (Å²) in [5.41, 5.74) is 4.48. The Kier molecular flexibility index (Phi) is 4.84. The Morgan fingerprint density at radius 2 is 1.69 bits per heavy atom. The Morgan fingerprint density at radius 1 is 1.03 bits per heavy atom. The zero-order valence-electron chi connectivity index (χ0n) is 17.5. The van der Waals surface area contributed by atoms with E-state index in [4.69, 9.17) is 5.10 Å². The lowest BCUT2D eigenvalue weighted by Crippen LogP contribution is -2.57. The van der Waals surface area contributed by atoms with E-state index in [0.717, 1.165) is 35.3 Å². The topological polar surface area (TPSA) is 59.0 Å². The molecule has 4 aliphatic rings. The first kappa shape index (κ1) is 18.7. The largest absolute Gasteiger partial charge is 0.335 e. The number of aromatic nitrogens is 2. The molecule has 0 atom stereocenters. The molecule has 5 heteroatoms. The van der Waals surface area contributed by atoms with E-state index >= 15 is 0 Å². The van der Waals surface area contributed by atoms with E-state index in [1.54, 1.807) is 0 Å². The zero-order valence-corrected chi connectivity index (χ0v) is 17.5. The average Bonchev–Trinajstić information content (AvgIpc) is 2.96. The number of urea groups is 1. The number of nitrogens with zero attached hydrogens (tertiary/aromatic N) is 2. The Bertz CT molecular complexity index is 860. The molecule has 2 N–H and O–H groups in total. The number of hydrogen-bond donors (Lipinski definition) is 2. The lowest BCUT2D eigenvalue weighted by Gasteiger charge is -2.54. The van der Waals surface area contributed by atoms with Crippen molar-refractivity contribution in [3.05, 3.63) is 52.8 Å². The molecule has 4 saturated carbocycles. The molecule has 4 aliphatic carbocycles. The van der Waals surface area contributed by atoms with Crippen LogP contribution in [0.4, 0.5) is 4.79 Å². The molecule has 0 saturated heterocycles. The van der Waals surface area contributed by atoms with Gasteiger partial charge in [0.25, 0.3) is 0 Å². The van der Waals surface area contributed by atoms with Gasteiger partial charge < -0.3 is 10.6 Å². The molecule has 1 aromatic carbocycles. The number of amides is 2. The quantitative estimate of drug-likeness (QED) is 0.802. The van der Waals surface area contributed by atoms with Crippen LogP contribution in [0, 0.1) is 37.5 Å². The van der Waals surface area contributed by atoms with Crippen LogP contribution in [0.1, 0.15) is 54.6 Å². The summed E-state index contributed by atoms with van der Waals surface area (Å²) in [5, 5.41) is 11.2. The standard InChI is InChI=1S/C24H32N4O/c1-15-22(16(2)28(27-15)14-17-6-4-3-5-7-17)13-25-24(29)26-23-20-9-18-8-19(11-20)12-21(23)10-18/h3-7,18-21,23H,8-14H2,1-2H3,(H2,25,26,29). The summed E-state index contributed by atoms with van der Waals surface area (Å²) in [6.45, 7) is 5.41. The number of hydrogen-bond acceptors (Lipinski definition) is 2. The number of aryl methyl sites for hydroxylation is 1. The number of benzene rings is 1. The lowest BCUT2D eigenvalue weighted by molar-refractivity contribution is -0.00942. The van der Waals surface area contributed by atoms with Gasteiger partial charge in [-0.25, -0.2) is 4.79 Å². The highest BCUT2D eigenvalue weighted by Crippen LogP contribution is 2.53. The number of rotatable bonds is 5. The monoisotopic (exact) mass is 392 g/mol. The van der Waals surface area contributed by atoms with Gasteiger partial charge in [0.1, 0.15) is 0 Å². The number of nitrogens with one attached hydrogen (secondary N) is 2. The van der Waals surface area contributed by atoms with Crippen LogP contribution in [-0.2, 0) is 13.1 Å². The Labute approximate surface area is 173 Å². The van der Waals surface area contributed by atoms with Crippen LogP contribution >= 0.6 is 0 Å². The van der Waals surface area contributed by atoms with E-state index in [2.05, 4.69) is 41.8 Å². The molecule has 29 heavy (non-hydrogen) atoms. The predicted octanol–water partition coefficient (Wildman–Crippen LogP) is 4.17. The second-order valence-corrected chi connectivity index (χ2v) is 9.58. The predicted molar refractivity (Wildman–Crippen MR) is 113 cm³/mol. The molecule has 5 nitrogen and oxygen atoms in total. The van der Waals surface area contributed by atoms with E-state index in [1.165, 1.54) is 37.7 Å². The van der Waals surface area contributed by atoms with Crippen LogP contribution in [0.2, 0.25) is 0 Å². The molecule has 0 unspecified atom stereocenters. The third-order valence-electron chi connectivity index (χ3n) is 7.66. The number of carbonyl (C=O) groups is 1. The van der Waals surface area contributed by atoms with Crippen LogP contribution in [0.15, 0.2) is 30.3 Å². The highest BCUT2D eigenvalue weighted by atomic mass is 16.2. The molecule has 4 bridgehead atoms. The zero-order chi connectivity index (χ0) is 20.0. The molecule has 0 radical (unpaired) electrons. The Balaban J connectivity index is 1.20. The van der Waals surface area contributed by atoms with Gasteiger partial charge in [0, 0.05) is 23.8 Å². The first-order valence-corrected chi connectivity index (χ1v) is 11.2. The number of carbonyl (C=O) groups excluding carboxylic acids is 1. The summed E-state index contributed by atoms with van der Waals surface area (Å²) in [7, 11) is 0. The van der Waals surface area contributed by atoms with Crippen LogP contribution in [0.3, 0.4) is 0 Å². The maximum Gasteiger partial charge on any atom is 0.315 e. The Morgan fingerprint density at radius 3 is 2.34 bits per heavy atom. The molecule has 2 amide bonds. The fourth-order valence-corrected chi connectivity index (χ4v) is 6.43. The fraction of sp³-hybridized carbons (Fsp3) is 0.583. The summed E-state index contributed by atoms with van der Waals surface area (Å²) in [4.78, 5) is 12.7. The van der Waals surface area contributed by atoms with Gasteiger partial charge >= 0.3 is 6.03 Å². The van der Waals surface area contributed by atoms with Crippen molar-refractivity contribution in [1.82, 2.24) is 20.4 Å². The Hall–Kier alpha value is -2.30. The van der Waals surface area contributed by atoms with Gasteiger partial charge in [0.2, 0.25) is 0 Å².